The minimum atomic E-state index is 0.669. The van der Waals surface area contributed by atoms with Crippen molar-refractivity contribution in [3.05, 3.63) is 52.3 Å². The highest BCUT2D eigenvalue weighted by molar-refractivity contribution is 6.35. The molecule has 0 atom stereocenters. The molecule has 0 fully saturated rings. The zero-order chi connectivity index (χ0) is 10.7. The summed E-state index contributed by atoms with van der Waals surface area (Å²) in [6.45, 7) is 0.828. The third-order valence-corrected chi connectivity index (χ3v) is 2.77. The molecule has 0 spiro atoms. The van der Waals surface area contributed by atoms with Crippen molar-refractivity contribution < 1.29 is 0 Å². The molecule has 0 aliphatic heterocycles. The van der Waals surface area contributed by atoms with E-state index in [1.807, 2.05) is 29.1 Å². The van der Waals surface area contributed by atoms with Crippen molar-refractivity contribution in [3.8, 4) is 0 Å². The molecule has 0 aliphatic carbocycles. The molecule has 0 radical (unpaired) electrons. The van der Waals surface area contributed by atoms with Gasteiger partial charge in [-0.3, -0.25) is 4.68 Å². The monoisotopic (exact) mass is 240 g/mol. The number of halogens is 2. The SMILES string of the molecule is Clc1ccc(CCn2cccn2)c(Cl)c1. The van der Waals surface area contributed by atoms with Crippen LogP contribution >= 0.6 is 23.2 Å². The van der Waals surface area contributed by atoms with Crippen LogP contribution in [0.2, 0.25) is 10.0 Å². The lowest BCUT2D eigenvalue weighted by atomic mass is 10.1. The minimum absolute atomic E-state index is 0.669. The Morgan fingerprint density at radius 3 is 2.80 bits per heavy atom. The predicted octanol–water partition coefficient (Wildman–Crippen LogP) is 3.43. The summed E-state index contributed by atoms with van der Waals surface area (Å²) in [5.41, 5.74) is 1.09. The zero-order valence-electron chi connectivity index (χ0n) is 8.03. The van der Waals surface area contributed by atoms with Crippen LogP contribution in [0.5, 0.6) is 0 Å². The highest BCUT2D eigenvalue weighted by atomic mass is 35.5. The topological polar surface area (TPSA) is 17.8 Å². The van der Waals surface area contributed by atoms with Gasteiger partial charge >= 0.3 is 0 Å². The van der Waals surface area contributed by atoms with Crippen LogP contribution in [-0.4, -0.2) is 9.78 Å². The Labute approximate surface area is 98.4 Å². The predicted molar refractivity (Wildman–Crippen MR) is 62.4 cm³/mol. The second kappa shape index (κ2) is 4.69. The maximum absolute atomic E-state index is 6.06. The van der Waals surface area contributed by atoms with E-state index in [1.54, 1.807) is 12.3 Å². The molecule has 4 heteroatoms. The highest BCUT2D eigenvalue weighted by Gasteiger charge is 2.01. The van der Waals surface area contributed by atoms with Crippen molar-refractivity contribution in [3.63, 3.8) is 0 Å². The van der Waals surface area contributed by atoms with Crippen molar-refractivity contribution in [2.24, 2.45) is 0 Å². The van der Waals surface area contributed by atoms with Crippen LogP contribution in [0, 0.1) is 0 Å². The lowest BCUT2D eigenvalue weighted by Gasteiger charge is -2.04. The zero-order valence-corrected chi connectivity index (χ0v) is 9.54. The van der Waals surface area contributed by atoms with Crippen LogP contribution in [0.15, 0.2) is 36.7 Å². The third-order valence-electron chi connectivity index (χ3n) is 2.18. The van der Waals surface area contributed by atoms with Crippen molar-refractivity contribution >= 4 is 23.2 Å². The van der Waals surface area contributed by atoms with E-state index in [2.05, 4.69) is 5.10 Å². The largest absolute Gasteiger partial charge is 0.272 e. The molecule has 2 aromatic rings. The van der Waals surface area contributed by atoms with Crippen molar-refractivity contribution in [2.45, 2.75) is 13.0 Å². The van der Waals surface area contributed by atoms with E-state index in [1.165, 1.54) is 0 Å². The van der Waals surface area contributed by atoms with Crippen LogP contribution in [0.3, 0.4) is 0 Å². The Balaban J connectivity index is 2.05. The highest BCUT2D eigenvalue weighted by Crippen LogP contribution is 2.21. The van der Waals surface area contributed by atoms with Crippen LogP contribution < -0.4 is 0 Å². The first-order chi connectivity index (χ1) is 7.25. The molecule has 0 N–H and O–H groups in total. The van der Waals surface area contributed by atoms with Gasteiger partial charge in [0.05, 0.1) is 0 Å². The minimum Gasteiger partial charge on any atom is -0.272 e. The number of aryl methyl sites for hydroxylation is 2. The van der Waals surface area contributed by atoms with Gasteiger partial charge in [0.2, 0.25) is 0 Å². The van der Waals surface area contributed by atoms with Crippen LogP contribution in [0.4, 0.5) is 0 Å². The number of hydrogen-bond donors (Lipinski definition) is 0. The van der Waals surface area contributed by atoms with Gasteiger partial charge in [-0.25, -0.2) is 0 Å². The average molecular weight is 241 g/mol. The van der Waals surface area contributed by atoms with Crippen LogP contribution in [0.25, 0.3) is 0 Å². The van der Waals surface area contributed by atoms with E-state index < -0.39 is 0 Å². The van der Waals surface area contributed by atoms with E-state index >= 15 is 0 Å². The fourth-order valence-corrected chi connectivity index (χ4v) is 1.90. The Bertz CT molecular complexity index is 438. The van der Waals surface area contributed by atoms with E-state index in [4.69, 9.17) is 23.2 Å². The number of benzene rings is 1. The molecule has 1 aromatic heterocycles. The Hall–Kier alpha value is -0.990. The molecular weight excluding hydrogens is 231 g/mol. The molecule has 0 aliphatic rings. The van der Waals surface area contributed by atoms with Gasteiger partial charge in [0.1, 0.15) is 0 Å². The van der Waals surface area contributed by atoms with Crippen LogP contribution in [0.1, 0.15) is 5.56 Å². The summed E-state index contributed by atoms with van der Waals surface area (Å²) < 4.78 is 1.88. The van der Waals surface area contributed by atoms with Crippen LogP contribution in [-0.2, 0) is 13.0 Å². The standard InChI is InChI=1S/C11H10Cl2N2/c12-10-3-2-9(11(13)8-10)4-7-15-6-1-5-14-15/h1-3,5-6,8H,4,7H2. The summed E-state index contributed by atoms with van der Waals surface area (Å²) in [5.74, 6) is 0. The lowest BCUT2D eigenvalue weighted by Crippen LogP contribution is -2.01. The quantitative estimate of drug-likeness (QED) is 0.804. The molecule has 0 unspecified atom stereocenters. The molecule has 15 heavy (non-hydrogen) atoms. The van der Waals surface area contributed by atoms with E-state index in [-0.39, 0.29) is 0 Å². The van der Waals surface area contributed by atoms with Crippen molar-refractivity contribution in [1.82, 2.24) is 9.78 Å². The number of hydrogen-bond acceptors (Lipinski definition) is 1. The molecule has 2 nitrogen and oxygen atoms in total. The molecule has 2 rings (SSSR count). The Morgan fingerprint density at radius 2 is 2.13 bits per heavy atom. The Kier molecular flexibility index (Phi) is 3.29. The molecule has 1 aromatic carbocycles. The van der Waals surface area contributed by atoms with Gasteiger partial charge in [-0.1, -0.05) is 29.3 Å². The molecule has 0 saturated carbocycles. The first kappa shape index (κ1) is 10.5. The smallest absolute Gasteiger partial charge is 0.0489 e. The molecule has 1 heterocycles. The fraction of sp³-hybridized carbons (Fsp3) is 0.182. The number of nitrogens with zero attached hydrogens (tertiary/aromatic N) is 2. The van der Waals surface area contributed by atoms with Crippen molar-refractivity contribution in [1.29, 1.82) is 0 Å². The van der Waals surface area contributed by atoms with Gasteiger partial charge in [0.15, 0.2) is 0 Å². The van der Waals surface area contributed by atoms with Gasteiger partial charge in [-0.05, 0) is 30.2 Å². The first-order valence-electron chi connectivity index (χ1n) is 4.67. The Morgan fingerprint density at radius 1 is 1.27 bits per heavy atom. The summed E-state index contributed by atoms with van der Waals surface area (Å²) in [7, 11) is 0. The lowest BCUT2D eigenvalue weighted by molar-refractivity contribution is 0.615. The summed E-state index contributed by atoms with van der Waals surface area (Å²) >= 11 is 11.9. The normalized spacial score (nSPS) is 10.5. The molecule has 0 amide bonds. The average Bonchev–Trinajstić information content (AvgIpc) is 2.69. The van der Waals surface area contributed by atoms with E-state index in [0.29, 0.717) is 5.02 Å². The molecule has 0 bridgehead atoms. The van der Waals surface area contributed by atoms with Gasteiger partial charge in [0.25, 0.3) is 0 Å². The first-order valence-corrected chi connectivity index (χ1v) is 5.42. The maximum Gasteiger partial charge on any atom is 0.0489 e. The van der Waals surface area contributed by atoms with E-state index in [9.17, 15) is 0 Å². The number of aromatic nitrogens is 2. The van der Waals surface area contributed by atoms with Gasteiger partial charge in [-0.15, -0.1) is 0 Å². The fourth-order valence-electron chi connectivity index (χ4n) is 1.39. The van der Waals surface area contributed by atoms with Gasteiger partial charge < -0.3 is 0 Å². The van der Waals surface area contributed by atoms with Crippen molar-refractivity contribution in [2.75, 3.05) is 0 Å². The maximum atomic E-state index is 6.06. The third kappa shape index (κ3) is 2.74. The van der Waals surface area contributed by atoms with Gasteiger partial charge in [-0.2, -0.15) is 5.10 Å². The second-order valence-electron chi connectivity index (χ2n) is 3.25. The number of rotatable bonds is 3. The second-order valence-corrected chi connectivity index (χ2v) is 4.10. The summed E-state index contributed by atoms with van der Waals surface area (Å²) in [5, 5.41) is 5.51. The summed E-state index contributed by atoms with van der Waals surface area (Å²) in [4.78, 5) is 0. The van der Waals surface area contributed by atoms with E-state index in [0.717, 1.165) is 23.6 Å². The molecule has 0 saturated heterocycles. The van der Waals surface area contributed by atoms with Gasteiger partial charge in [0, 0.05) is 29.0 Å². The molecule has 78 valence electrons. The summed E-state index contributed by atoms with van der Waals surface area (Å²) in [6.07, 6.45) is 4.56. The summed E-state index contributed by atoms with van der Waals surface area (Å²) in [6, 6.07) is 7.48. The molecular formula is C11H10Cl2N2.